The van der Waals surface area contributed by atoms with Gasteiger partial charge in [0.05, 0.1) is 5.56 Å². The molecule has 2 aromatic rings. The summed E-state index contributed by atoms with van der Waals surface area (Å²) in [7, 11) is 0. The van der Waals surface area contributed by atoms with Gasteiger partial charge in [0.1, 0.15) is 17.3 Å². The number of nitrogens with one attached hydrogen (secondary N) is 2. The van der Waals surface area contributed by atoms with Gasteiger partial charge in [0, 0.05) is 29.4 Å². The lowest BCUT2D eigenvalue weighted by Gasteiger charge is -2.34. The fourth-order valence-corrected chi connectivity index (χ4v) is 3.92. The lowest BCUT2D eigenvalue weighted by Crippen LogP contribution is -2.44. The molecule has 3 heterocycles. The van der Waals surface area contributed by atoms with Crippen molar-refractivity contribution in [3.8, 4) is 6.07 Å². The quantitative estimate of drug-likeness (QED) is 0.776. The molecule has 2 amide bonds. The summed E-state index contributed by atoms with van der Waals surface area (Å²) in [6, 6.07) is 9.57. The van der Waals surface area contributed by atoms with E-state index in [1.807, 2.05) is 49.6 Å². The molecule has 0 radical (unpaired) electrons. The van der Waals surface area contributed by atoms with E-state index < -0.39 is 5.41 Å². The van der Waals surface area contributed by atoms with Gasteiger partial charge in [-0.3, -0.25) is 9.59 Å². The number of anilines is 2. The lowest BCUT2D eigenvalue weighted by atomic mass is 9.70. The molecule has 1 atom stereocenters. The van der Waals surface area contributed by atoms with Gasteiger partial charge < -0.3 is 15.2 Å². The molecule has 1 aromatic carbocycles. The Bertz CT molecular complexity index is 974. The van der Waals surface area contributed by atoms with Gasteiger partial charge in [0.2, 0.25) is 11.8 Å². The van der Waals surface area contributed by atoms with E-state index in [2.05, 4.69) is 16.7 Å². The Hall–Kier alpha value is -3.07. The highest BCUT2D eigenvalue weighted by molar-refractivity contribution is 6.15. The Balaban J connectivity index is 2.11. The highest BCUT2D eigenvalue weighted by Crippen LogP contribution is 2.52. The average Bonchev–Trinajstić information content (AvgIpc) is 3.04. The Morgan fingerprint density at radius 2 is 1.92 bits per heavy atom. The minimum Gasteiger partial charge on any atom is -0.328 e. The number of hydrogen-bond acceptors (Lipinski definition) is 3. The van der Waals surface area contributed by atoms with E-state index in [-0.39, 0.29) is 23.8 Å². The van der Waals surface area contributed by atoms with Crippen LogP contribution in [0.5, 0.6) is 0 Å². The molecule has 2 N–H and O–H groups in total. The summed E-state index contributed by atoms with van der Waals surface area (Å²) in [5.74, 6) is 0.0487. The van der Waals surface area contributed by atoms with Crippen LogP contribution < -0.4 is 10.6 Å². The molecule has 0 bridgehead atoms. The summed E-state index contributed by atoms with van der Waals surface area (Å²) < 4.78 is 1.87. The third kappa shape index (κ3) is 1.89. The van der Waals surface area contributed by atoms with E-state index in [1.165, 1.54) is 0 Å². The zero-order chi connectivity index (χ0) is 18.0. The molecule has 0 unspecified atom stereocenters. The van der Waals surface area contributed by atoms with Gasteiger partial charge in [-0.15, -0.1) is 0 Å². The largest absolute Gasteiger partial charge is 0.328 e. The molecule has 0 saturated heterocycles. The number of benzene rings is 1. The monoisotopic (exact) mass is 334 g/mol. The minimum absolute atomic E-state index is 0.00825. The van der Waals surface area contributed by atoms with Crippen molar-refractivity contribution in [2.45, 2.75) is 38.1 Å². The SMILES string of the molecule is CC(C)(C)n1cc(C#N)c2c1NC(=O)C[C@]21C(=O)Nc2ccccc21. The van der Waals surface area contributed by atoms with Crippen LogP contribution in [0.2, 0.25) is 0 Å². The van der Waals surface area contributed by atoms with Crippen molar-refractivity contribution in [2.24, 2.45) is 0 Å². The van der Waals surface area contributed by atoms with Crippen LogP contribution in [0.3, 0.4) is 0 Å². The highest BCUT2D eigenvalue weighted by Gasteiger charge is 2.55. The molecular weight excluding hydrogens is 316 g/mol. The van der Waals surface area contributed by atoms with Gasteiger partial charge >= 0.3 is 0 Å². The third-order valence-corrected chi connectivity index (χ3v) is 4.98. The molecule has 0 aliphatic carbocycles. The first-order valence-corrected chi connectivity index (χ1v) is 8.16. The topological polar surface area (TPSA) is 86.9 Å². The maximum absolute atomic E-state index is 13.0. The van der Waals surface area contributed by atoms with E-state index in [9.17, 15) is 14.9 Å². The van der Waals surface area contributed by atoms with Crippen molar-refractivity contribution < 1.29 is 9.59 Å². The van der Waals surface area contributed by atoms with Crippen LogP contribution in [0.15, 0.2) is 30.5 Å². The fraction of sp³-hybridized carbons (Fsp3) is 0.316. The van der Waals surface area contributed by atoms with Crippen molar-refractivity contribution in [1.82, 2.24) is 4.57 Å². The van der Waals surface area contributed by atoms with Crippen molar-refractivity contribution in [3.05, 3.63) is 47.2 Å². The molecule has 1 spiro atoms. The molecule has 6 heteroatoms. The molecule has 2 aliphatic rings. The maximum atomic E-state index is 13.0. The van der Waals surface area contributed by atoms with Crippen LogP contribution in [-0.2, 0) is 20.5 Å². The van der Waals surface area contributed by atoms with Crippen LogP contribution in [0, 0.1) is 11.3 Å². The molecule has 0 saturated carbocycles. The van der Waals surface area contributed by atoms with E-state index in [0.717, 1.165) is 5.56 Å². The zero-order valence-electron chi connectivity index (χ0n) is 14.3. The molecule has 25 heavy (non-hydrogen) atoms. The first kappa shape index (κ1) is 15.5. The zero-order valence-corrected chi connectivity index (χ0v) is 14.3. The van der Waals surface area contributed by atoms with Gasteiger partial charge in [-0.2, -0.15) is 5.26 Å². The molecule has 6 nitrogen and oxygen atoms in total. The molecular formula is C19H18N4O2. The van der Waals surface area contributed by atoms with E-state index in [4.69, 9.17) is 0 Å². The van der Waals surface area contributed by atoms with Crippen molar-refractivity contribution >= 4 is 23.3 Å². The number of nitriles is 1. The summed E-state index contributed by atoms with van der Waals surface area (Å²) in [6.45, 7) is 5.97. The number of amides is 2. The lowest BCUT2D eigenvalue weighted by molar-refractivity contribution is -0.125. The molecule has 126 valence electrons. The summed E-state index contributed by atoms with van der Waals surface area (Å²) in [4.78, 5) is 25.6. The van der Waals surface area contributed by atoms with Crippen molar-refractivity contribution in [2.75, 3.05) is 10.6 Å². The number of para-hydroxylation sites is 1. The third-order valence-electron chi connectivity index (χ3n) is 4.98. The van der Waals surface area contributed by atoms with E-state index in [1.54, 1.807) is 6.20 Å². The van der Waals surface area contributed by atoms with Crippen LogP contribution >= 0.6 is 0 Å². The fourth-order valence-electron chi connectivity index (χ4n) is 3.92. The first-order valence-electron chi connectivity index (χ1n) is 8.16. The first-order chi connectivity index (χ1) is 11.8. The van der Waals surface area contributed by atoms with Crippen LogP contribution in [0.1, 0.15) is 43.9 Å². The predicted octanol–water partition coefficient (Wildman–Crippen LogP) is 2.70. The number of aromatic nitrogens is 1. The number of fused-ring (bicyclic) bond motifs is 4. The van der Waals surface area contributed by atoms with Crippen molar-refractivity contribution in [1.29, 1.82) is 5.26 Å². The number of rotatable bonds is 0. The van der Waals surface area contributed by atoms with Gasteiger partial charge in [0.15, 0.2) is 0 Å². The van der Waals surface area contributed by atoms with Crippen LogP contribution in [0.25, 0.3) is 0 Å². The second kappa shape index (κ2) is 4.73. The Kier molecular flexibility index (Phi) is 2.92. The van der Waals surface area contributed by atoms with Gasteiger partial charge in [-0.1, -0.05) is 18.2 Å². The Labute approximate surface area is 145 Å². The molecule has 2 aliphatic heterocycles. The maximum Gasteiger partial charge on any atom is 0.240 e. The number of nitrogens with zero attached hydrogens (tertiary/aromatic N) is 2. The smallest absolute Gasteiger partial charge is 0.240 e. The summed E-state index contributed by atoms with van der Waals surface area (Å²) in [6.07, 6.45) is 1.72. The van der Waals surface area contributed by atoms with E-state index >= 15 is 0 Å². The number of carbonyl (C=O) groups is 2. The van der Waals surface area contributed by atoms with Crippen LogP contribution in [0.4, 0.5) is 11.5 Å². The van der Waals surface area contributed by atoms with Crippen LogP contribution in [-0.4, -0.2) is 16.4 Å². The minimum atomic E-state index is -1.16. The Morgan fingerprint density at radius 3 is 2.60 bits per heavy atom. The average molecular weight is 334 g/mol. The van der Waals surface area contributed by atoms with Gasteiger partial charge in [-0.25, -0.2) is 0 Å². The predicted molar refractivity (Wildman–Crippen MR) is 93.2 cm³/mol. The summed E-state index contributed by atoms with van der Waals surface area (Å²) >= 11 is 0. The second-order valence-corrected chi connectivity index (χ2v) is 7.55. The van der Waals surface area contributed by atoms with Gasteiger partial charge in [-0.05, 0) is 32.4 Å². The summed E-state index contributed by atoms with van der Waals surface area (Å²) in [5.41, 5.74) is 0.943. The highest BCUT2D eigenvalue weighted by atomic mass is 16.2. The standard InChI is InChI=1S/C19H18N4O2/c1-18(2,3)23-10-11(9-20)15-16(23)22-14(24)8-19(15)12-6-4-5-7-13(12)21-17(19)25/h4-7,10H,8H2,1-3H3,(H,21,25)(H,22,24)/t19-/m1/s1. The normalized spacial score (nSPS) is 21.4. The molecule has 0 fully saturated rings. The molecule has 4 rings (SSSR count). The number of carbonyl (C=O) groups excluding carboxylic acids is 2. The van der Waals surface area contributed by atoms with E-state index in [0.29, 0.717) is 22.6 Å². The summed E-state index contributed by atoms with van der Waals surface area (Å²) in [5, 5.41) is 15.5. The number of hydrogen-bond donors (Lipinski definition) is 2. The molecule has 1 aromatic heterocycles. The van der Waals surface area contributed by atoms with Crippen molar-refractivity contribution in [3.63, 3.8) is 0 Å². The Morgan fingerprint density at radius 1 is 1.20 bits per heavy atom. The second-order valence-electron chi connectivity index (χ2n) is 7.55. The van der Waals surface area contributed by atoms with Gasteiger partial charge in [0.25, 0.3) is 0 Å².